The average molecular weight is 871 g/mol. The maximum Gasteiger partial charge on any atom is 0.0623 e. The number of halogens is 2. The summed E-state index contributed by atoms with van der Waals surface area (Å²) in [5.74, 6) is 0. The fraction of sp³-hybridized carbons (Fsp3) is 0.905. The predicted molar refractivity (Wildman–Crippen MR) is 231 cm³/mol. The summed E-state index contributed by atoms with van der Waals surface area (Å²) in [6, 6.07) is 0. The zero-order chi connectivity index (χ0) is 32.9. The number of unbranched alkanes of at least 4 members (excludes halogenated alkanes) is 23. The molecule has 1 saturated heterocycles. The van der Waals surface area contributed by atoms with Crippen molar-refractivity contribution in [1.29, 1.82) is 0 Å². The van der Waals surface area contributed by atoms with Gasteiger partial charge in [-0.15, -0.1) is 0 Å². The Labute approximate surface area is 315 Å². The van der Waals surface area contributed by atoms with Crippen molar-refractivity contribution in [2.24, 2.45) is 0 Å². The van der Waals surface area contributed by atoms with Gasteiger partial charge in [0.25, 0.3) is 0 Å². The van der Waals surface area contributed by atoms with Crippen molar-refractivity contribution < 1.29 is 0 Å². The quantitative estimate of drug-likeness (QED) is 0.0368. The van der Waals surface area contributed by atoms with Crippen molar-refractivity contribution in [2.45, 2.75) is 221 Å². The van der Waals surface area contributed by atoms with Gasteiger partial charge in [0.2, 0.25) is 0 Å². The summed E-state index contributed by atoms with van der Waals surface area (Å²) in [7, 11) is 0. The molecule has 1 unspecified atom stereocenters. The number of rotatable bonds is 33. The van der Waals surface area contributed by atoms with Gasteiger partial charge in [0.05, 0.1) is 6.17 Å². The normalized spacial score (nSPS) is 15.5. The first-order valence-electron chi connectivity index (χ1n) is 20.3. The molecular formula is C42H84I2N2. The molecule has 1 atom stereocenters. The standard InChI is InChI=1S/C41H80N2.CH4.I2/c1-4-7-9-11-13-15-17-19-21-23-25-27-29-31-33-35-38-43-40-39-42(37-6-3)41(43)36-34-32-30-28-26-24-22-20-18-16-14-12-10-8-5-2;;1-2/h19-22,41H,4-18,23-40H2,1-3H3;1H4;/b21-19-,22-20-;;. The van der Waals surface area contributed by atoms with Crippen LogP contribution in [0.1, 0.15) is 214 Å². The summed E-state index contributed by atoms with van der Waals surface area (Å²) in [4.78, 5) is 5.65. The first-order valence-corrected chi connectivity index (χ1v) is 26.5. The van der Waals surface area contributed by atoms with Gasteiger partial charge in [-0.05, 0) is 83.7 Å². The maximum absolute atomic E-state index is 2.85. The summed E-state index contributed by atoms with van der Waals surface area (Å²) < 4.78 is 0. The minimum atomic E-state index is 0. The Morgan fingerprint density at radius 1 is 0.413 bits per heavy atom. The molecule has 1 rings (SSSR count). The molecule has 0 radical (unpaired) electrons. The second kappa shape index (κ2) is 42.0. The van der Waals surface area contributed by atoms with Gasteiger partial charge in [0, 0.05) is 50.3 Å². The van der Waals surface area contributed by atoms with Crippen LogP contribution in [0.4, 0.5) is 0 Å². The van der Waals surface area contributed by atoms with E-state index in [1.807, 2.05) is 0 Å². The number of hydrogen-bond acceptors (Lipinski definition) is 2. The Bertz CT molecular complexity index is 608. The van der Waals surface area contributed by atoms with Crippen LogP contribution in [0.2, 0.25) is 0 Å². The Kier molecular flexibility index (Phi) is 44.7. The summed E-state index contributed by atoms with van der Waals surface area (Å²) in [6.07, 6.45) is 51.0. The third-order valence-electron chi connectivity index (χ3n) is 9.71. The molecule has 1 heterocycles. The minimum Gasteiger partial charge on any atom is -0.287 e. The molecule has 0 aromatic heterocycles. The number of hydrogen-bond donors (Lipinski definition) is 0. The van der Waals surface area contributed by atoms with Gasteiger partial charge in [0.15, 0.2) is 0 Å². The summed E-state index contributed by atoms with van der Waals surface area (Å²) >= 11 is 4.24. The Balaban J connectivity index is 0. The van der Waals surface area contributed by atoms with Gasteiger partial charge in [0.1, 0.15) is 0 Å². The molecule has 0 aromatic rings. The third-order valence-corrected chi connectivity index (χ3v) is 9.71. The van der Waals surface area contributed by atoms with Gasteiger partial charge in [-0.25, -0.2) is 0 Å². The van der Waals surface area contributed by atoms with Crippen molar-refractivity contribution in [1.82, 2.24) is 9.80 Å². The average Bonchev–Trinajstić information content (AvgIpc) is 3.44. The lowest BCUT2D eigenvalue weighted by Gasteiger charge is -2.30. The molecule has 2 nitrogen and oxygen atoms in total. The van der Waals surface area contributed by atoms with Crippen LogP contribution < -0.4 is 0 Å². The van der Waals surface area contributed by atoms with E-state index in [9.17, 15) is 0 Å². The molecule has 1 aliphatic heterocycles. The molecule has 0 saturated carbocycles. The Hall–Kier alpha value is 0.860. The van der Waals surface area contributed by atoms with Gasteiger partial charge < -0.3 is 0 Å². The SMILES string of the molecule is C.CCCCCCCC/C=C\CCCCCCCCN1CCN(CCC)C1CCCCCCC/C=C\CCCCCCCC.II. The summed E-state index contributed by atoms with van der Waals surface area (Å²) in [6.45, 7) is 12.2. The second-order valence-electron chi connectivity index (χ2n) is 13.9. The van der Waals surface area contributed by atoms with E-state index in [1.165, 1.54) is 212 Å². The van der Waals surface area contributed by atoms with Crippen LogP contribution in [0.3, 0.4) is 0 Å². The van der Waals surface area contributed by atoms with Gasteiger partial charge in [-0.1, -0.05) is 168 Å². The number of nitrogens with zero attached hydrogens (tertiary/aromatic N) is 2. The maximum atomic E-state index is 2.85. The molecule has 0 amide bonds. The van der Waals surface area contributed by atoms with E-state index in [2.05, 4.69) is 92.1 Å². The van der Waals surface area contributed by atoms with Crippen LogP contribution >= 0.6 is 37.2 Å². The van der Waals surface area contributed by atoms with Crippen LogP contribution in [-0.2, 0) is 0 Å². The highest BCUT2D eigenvalue weighted by Gasteiger charge is 2.30. The van der Waals surface area contributed by atoms with Crippen molar-refractivity contribution in [3.05, 3.63) is 24.3 Å². The van der Waals surface area contributed by atoms with Crippen molar-refractivity contribution in [3.63, 3.8) is 0 Å². The Morgan fingerprint density at radius 3 is 1.13 bits per heavy atom. The predicted octanol–water partition coefficient (Wildman–Crippen LogP) is 15.8. The molecule has 0 aliphatic carbocycles. The molecule has 1 fully saturated rings. The van der Waals surface area contributed by atoms with Gasteiger partial charge >= 0.3 is 0 Å². The Morgan fingerprint density at radius 2 is 0.739 bits per heavy atom. The van der Waals surface area contributed by atoms with Gasteiger partial charge in [-0.2, -0.15) is 0 Å². The van der Waals surface area contributed by atoms with E-state index in [0.717, 1.165) is 6.17 Å². The molecule has 276 valence electrons. The van der Waals surface area contributed by atoms with E-state index in [-0.39, 0.29) is 7.43 Å². The zero-order valence-corrected chi connectivity index (χ0v) is 35.2. The van der Waals surface area contributed by atoms with Gasteiger partial charge in [-0.3, -0.25) is 9.80 Å². The van der Waals surface area contributed by atoms with Crippen LogP contribution in [0.5, 0.6) is 0 Å². The first-order chi connectivity index (χ1) is 22.3. The molecule has 0 aromatic carbocycles. The van der Waals surface area contributed by atoms with Crippen LogP contribution in [0.15, 0.2) is 24.3 Å². The fourth-order valence-electron chi connectivity index (χ4n) is 6.92. The highest BCUT2D eigenvalue weighted by atomic mass is 128. The monoisotopic (exact) mass is 870 g/mol. The van der Waals surface area contributed by atoms with E-state index >= 15 is 0 Å². The fourth-order valence-corrected chi connectivity index (χ4v) is 6.92. The van der Waals surface area contributed by atoms with Crippen molar-refractivity contribution in [2.75, 3.05) is 26.2 Å². The van der Waals surface area contributed by atoms with E-state index in [1.54, 1.807) is 0 Å². The highest BCUT2D eigenvalue weighted by Crippen LogP contribution is 2.22. The lowest BCUT2D eigenvalue weighted by atomic mass is 10.1. The summed E-state index contributed by atoms with van der Waals surface area (Å²) in [5.41, 5.74) is 0. The lowest BCUT2D eigenvalue weighted by molar-refractivity contribution is 0.122. The first kappa shape index (κ1) is 49.0. The molecule has 0 bridgehead atoms. The zero-order valence-electron chi connectivity index (χ0n) is 30.9. The minimum absolute atomic E-state index is 0. The highest BCUT2D eigenvalue weighted by molar-refractivity contribution is 15.0. The molecular weight excluding hydrogens is 786 g/mol. The van der Waals surface area contributed by atoms with Crippen LogP contribution in [0, 0.1) is 0 Å². The second-order valence-corrected chi connectivity index (χ2v) is 13.9. The molecule has 0 spiro atoms. The smallest absolute Gasteiger partial charge is 0.0623 e. The summed E-state index contributed by atoms with van der Waals surface area (Å²) in [5, 5.41) is 0. The topological polar surface area (TPSA) is 6.48 Å². The van der Waals surface area contributed by atoms with Crippen molar-refractivity contribution >= 4 is 37.2 Å². The lowest BCUT2D eigenvalue weighted by Crippen LogP contribution is -2.39. The van der Waals surface area contributed by atoms with Crippen molar-refractivity contribution in [3.8, 4) is 0 Å². The van der Waals surface area contributed by atoms with Crippen LogP contribution in [0.25, 0.3) is 0 Å². The molecule has 1 aliphatic rings. The largest absolute Gasteiger partial charge is 0.287 e. The van der Waals surface area contributed by atoms with Crippen LogP contribution in [-0.4, -0.2) is 42.1 Å². The van der Waals surface area contributed by atoms with E-state index in [0.29, 0.717) is 0 Å². The van der Waals surface area contributed by atoms with E-state index < -0.39 is 0 Å². The number of allylic oxidation sites excluding steroid dienone is 4. The third kappa shape index (κ3) is 32.1. The molecule has 46 heavy (non-hydrogen) atoms. The molecule has 4 heteroatoms. The van der Waals surface area contributed by atoms with E-state index in [4.69, 9.17) is 0 Å². The molecule has 0 N–H and O–H groups in total.